The average molecular weight is 571 g/mol. The van der Waals surface area contributed by atoms with Crippen LogP contribution in [0.2, 0.25) is 0 Å². The molecule has 5 heterocycles. The molecule has 8 nitrogen and oxygen atoms in total. The van der Waals surface area contributed by atoms with E-state index in [1.54, 1.807) is 0 Å². The molecule has 0 radical (unpaired) electrons. The number of allylic oxidation sites excluding steroid dienone is 1. The summed E-state index contributed by atoms with van der Waals surface area (Å²) in [5.74, 6) is 1.43. The van der Waals surface area contributed by atoms with Crippen molar-refractivity contribution in [2.75, 3.05) is 31.5 Å². The molecule has 1 saturated heterocycles. The predicted molar refractivity (Wildman–Crippen MR) is 167 cm³/mol. The van der Waals surface area contributed by atoms with Gasteiger partial charge in [0.25, 0.3) is 0 Å². The maximum absolute atomic E-state index is 15.2. The zero-order valence-electron chi connectivity index (χ0n) is 25.2. The van der Waals surface area contributed by atoms with Crippen LogP contribution in [0.5, 0.6) is 0 Å². The van der Waals surface area contributed by atoms with Gasteiger partial charge in [-0.15, -0.1) is 0 Å². The van der Waals surface area contributed by atoms with Crippen molar-refractivity contribution in [3.8, 4) is 0 Å². The first kappa shape index (κ1) is 27.5. The van der Waals surface area contributed by atoms with Crippen LogP contribution in [0.15, 0.2) is 35.1 Å². The van der Waals surface area contributed by atoms with E-state index in [2.05, 4.69) is 62.9 Å². The lowest BCUT2D eigenvalue weighted by Crippen LogP contribution is -2.46. The number of nitrogens with zero attached hydrogens (tertiary/aromatic N) is 6. The van der Waals surface area contributed by atoms with Crippen LogP contribution in [0, 0.1) is 13.8 Å². The highest BCUT2D eigenvalue weighted by atomic mass is 19.1. The van der Waals surface area contributed by atoms with Gasteiger partial charge in [-0.25, -0.2) is 19.4 Å². The fraction of sp³-hybridized carbons (Fsp3) is 0.545. The third kappa shape index (κ3) is 5.22. The number of aliphatic imine (C=N–C) groups is 1. The fourth-order valence-electron chi connectivity index (χ4n) is 7.56. The summed E-state index contributed by atoms with van der Waals surface area (Å²) in [5, 5.41) is 6.70. The Kier molecular flexibility index (Phi) is 7.48. The topological polar surface area (TPSA) is 73.6 Å². The molecule has 2 fully saturated rings. The molecule has 0 bridgehead atoms. The number of nitrogens with one attached hydrogen (secondary N) is 2. The average Bonchev–Trinajstić information content (AvgIpc) is 3.65. The highest BCUT2D eigenvalue weighted by Crippen LogP contribution is 2.36. The van der Waals surface area contributed by atoms with Crippen LogP contribution in [-0.4, -0.2) is 69.1 Å². The molecule has 2 N–H and O–H groups in total. The highest BCUT2D eigenvalue weighted by molar-refractivity contribution is 5.92. The SMILES string of the molecule is CCN1CCC(N2CCc3nc(NC4N=CC(F)=C(c5cc(C)c6nc(C)n(C7CCCC7)c6c5)N4)ccc3C2)CC1. The van der Waals surface area contributed by atoms with Crippen molar-refractivity contribution in [2.24, 2.45) is 4.99 Å². The Labute approximate surface area is 248 Å². The molecule has 42 heavy (non-hydrogen) atoms. The van der Waals surface area contributed by atoms with E-state index in [-0.39, 0.29) is 5.83 Å². The Morgan fingerprint density at radius 2 is 1.81 bits per heavy atom. The summed E-state index contributed by atoms with van der Waals surface area (Å²) in [4.78, 5) is 19.4. The van der Waals surface area contributed by atoms with Crippen molar-refractivity contribution in [2.45, 2.75) is 90.6 Å². The Morgan fingerprint density at radius 3 is 2.60 bits per heavy atom. The van der Waals surface area contributed by atoms with Gasteiger partial charge in [-0.05, 0) is 88.5 Å². The summed E-state index contributed by atoms with van der Waals surface area (Å²) < 4.78 is 17.6. The van der Waals surface area contributed by atoms with Crippen LogP contribution in [0.3, 0.4) is 0 Å². The number of halogens is 1. The minimum Gasteiger partial charge on any atom is -0.344 e. The lowest BCUT2D eigenvalue weighted by molar-refractivity contribution is 0.100. The molecule has 222 valence electrons. The van der Waals surface area contributed by atoms with Crippen molar-refractivity contribution in [3.63, 3.8) is 0 Å². The molecule has 1 saturated carbocycles. The lowest BCUT2D eigenvalue weighted by Gasteiger charge is -2.40. The van der Waals surface area contributed by atoms with Gasteiger partial charge in [0, 0.05) is 42.9 Å². The van der Waals surface area contributed by atoms with Crippen molar-refractivity contribution in [1.29, 1.82) is 0 Å². The third-order valence-electron chi connectivity index (χ3n) is 9.88. The van der Waals surface area contributed by atoms with Crippen LogP contribution in [0.1, 0.15) is 79.7 Å². The number of aromatic nitrogens is 3. The maximum Gasteiger partial charge on any atom is 0.195 e. The van der Waals surface area contributed by atoms with E-state index in [0.717, 1.165) is 65.6 Å². The minimum absolute atomic E-state index is 0.362. The standard InChI is InChI=1S/C33H43FN8/c1-4-40-14-11-25(12-15-40)41-16-13-28-23(20-41)9-10-30(37-28)38-33-35-19-27(34)32(39-33)24-17-21(2)31-29(18-24)42(22(3)36-31)26-7-5-6-8-26/h9-10,17-19,25-26,33,39H,4-8,11-16,20H2,1-3H3,(H,37,38). The molecule has 2 aromatic heterocycles. The zero-order valence-corrected chi connectivity index (χ0v) is 25.2. The number of benzene rings is 1. The van der Waals surface area contributed by atoms with E-state index in [1.807, 2.05) is 12.1 Å². The van der Waals surface area contributed by atoms with Crippen molar-refractivity contribution in [1.82, 2.24) is 29.7 Å². The molecule has 0 amide bonds. The largest absolute Gasteiger partial charge is 0.344 e. The molecule has 3 aromatic rings. The van der Waals surface area contributed by atoms with Crippen LogP contribution >= 0.6 is 0 Å². The van der Waals surface area contributed by atoms with Gasteiger partial charge in [0.15, 0.2) is 12.1 Å². The number of piperidine rings is 1. The smallest absolute Gasteiger partial charge is 0.195 e. The number of anilines is 1. The second kappa shape index (κ2) is 11.4. The molecular formula is C33H43FN8. The quantitative estimate of drug-likeness (QED) is 0.395. The summed E-state index contributed by atoms with van der Waals surface area (Å²) in [5.41, 5.74) is 6.88. The molecule has 0 spiro atoms. The Bertz CT molecular complexity index is 1530. The molecule has 4 aliphatic rings. The summed E-state index contributed by atoms with van der Waals surface area (Å²) >= 11 is 0. The number of likely N-dealkylation sites (tertiary alicyclic amines) is 1. The van der Waals surface area contributed by atoms with Gasteiger partial charge in [-0.1, -0.05) is 25.8 Å². The van der Waals surface area contributed by atoms with Crippen LogP contribution < -0.4 is 10.6 Å². The Morgan fingerprint density at radius 1 is 1.00 bits per heavy atom. The molecule has 7 rings (SSSR count). The van der Waals surface area contributed by atoms with E-state index < -0.39 is 6.29 Å². The molecule has 1 aliphatic carbocycles. The minimum atomic E-state index is -0.508. The summed E-state index contributed by atoms with van der Waals surface area (Å²) in [6, 6.07) is 9.49. The predicted octanol–water partition coefficient (Wildman–Crippen LogP) is 5.71. The monoisotopic (exact) mass is 570 g/mol. The van der Waals surface area contributed by atoms with Gasteiger partial charge in [0.2, 0.25) is 0 Å². The molecule has 1 atom stereocenters. The first-order valence-electron chi connectivity index (χ1n) is 15.9. The number of aryl methyl sites for hydroxylation is 2. The fourth-order valence-corrected chi connectivity index (χ4v) is 7.56. The molecule has 1 unspecified atom stereocenters. The van der Waals surface area contributed by atoms with Gasteiger partial charge in [-0.3, -0.25) is 4.90 Å². The highest BCUT2D eigenvalue weighted by Gasteiger charge is 2.28. The normalized spacial score (nSPS) is 22.6. The first-order valence-corrected chi connectivity index (χ1v) is 15.9. The second-order valence-electron chi connectivity index (χ2n) is 12.5. The van der Waals surface area contributed by atoms with E-state index in [4.69, 9.17) is 9.97 Å². The number of hydrogen-bond donors (Lipinski definition) is 2. The molecule has 1 aromatic carbocycles. The van der Waals surface area contributed by atoms with Crippen LogP contribution in [0.4, 0.5) is 10.2 Å². The number of fused-ring (bicyclic) bond motifs is 2. The van der Waals surface area contributed by atoms with E-state index >= 15 is 4.39 Å². The van der Waals surface area contributed by atoms with Crippen molar-refractivity contribution in [3.05, 3.63) is 58.3 Å². The van der Waals surface area contributed by atoms with Crippen LogP contribution in [0.25, 0.3) is 16.7 Å². The summed E-state index contributed by atoms with van der Waals surface area (Å²) in [7, 11) is 0. The lowest BCUT2D eigenvalue weighted by atomic mass is 9.98. The third-order valence-corrected chi connectivity index (χ3v) is 9.88. The van der Waals surface area contributed by atoms with Gasteiger partial charge in [0.1, 0.15) is 11.6 Å². The number of imidazole rings is 1. The molecular weight excluding hydrogens is 527 g/mol. The van der Waals surface area contributed by atoms with Crippen molar-refractivity contribution >= 4 is 28.8 Å². The van der Waals surface area contributed by atoms with E-state index in [0.29, 0.717) is 17.8 Å². The maximum atomic E-state index is 15.2. The number of hydrogen-bond acceptors (Lipinski definition) is 7. The zero-order chi connectivity index (χ0) is 28.8. The first-order chi connectivity index (χ1) is 20.5. The van der Waals surface area contributed by atoms with Gasteiger partial charge in [-0.2, -0.15) is 0 Å². The molecule has 3 aliphatic heterocycles. The Balaban J connectivity index is 1.06. The summed E-state index contributed by atoms with van der Waals surface area (Å²) in [6.07, 6.45) is 9.12. The van der Waals surface area contributed by atoms with Gasteiger partial charge in [0.05, 0.1) is 22.9 Å². The molecule has 9 heteroatoms. The second-order valence-corrected chi connectivity index (χ2v) is 12.5. The van der Waals surface area contributed by atoms with E-state index in [9.17, 15) is 0 Å². The number of rotatable bonds is 6. The van der Waals surface area contributed by atoms with Gasteiger partial charge < -0.3 is 20.1 Å². The van der Waals surface area contributed by atoms with Gasteiger partial charge >= 0.3 is 0 Å². The summed E-state index contributed by atoms with van der Waals surface area (Å²) in [6.45, 7) is 12.0. The number of pyridine rings is 1. The Hall–Kier alpha value is -3.30. The van der Waals surface area contributed by atoms with Crippen LogP contribution in [-0.2, 0) is 13.0 Å². The van der Waals surface area contributed by atoms with Crippen molar-refractivity contribution < 1.29 is 4.39 Å². The van der Waals surface area contributed by atoms with E-state index in [1.165, 1.54) is 63.4 Å².